The number of rotatable bonds is 4. The maximum absolute atomic E-state index is 12.2. The quantitative estimate of drug-likeness (QED) is 0.842. The standard InChI is InChI=1S/C12H14N4OS/c1-3-10-11(18-15-14-10)12(17)16(2)8-9-4-6-13-7-5-9/h4-7H,3,8H2,1-2H3. The minimum Gasteiger partial charge on any atom is -0.337 e. The summed E-state index contributed by atoms with van der Waals surface area (Å²) < 4.78 is 3.84. The maximum Gasteiger partial charge on any atom is 0.267 e. The van der Waals surface area contributed by atoms with Crippen LogP contribution in [0.1, 0.15) is 27.9 Å². The van der Waals surface area contributed by atoms with E-state index in [2.05, 4.69) is 14.6 Å². The molecule has 0 spiro atoms. The summed E-state index contributed by atoms with van der Waals surface area (Å²) in [6, 6.07) is 3.80. The number of carbonyl (C=O) groups is 1. The molecule has 1 amide bonds. The molecule has 0 aliphatic rings. The molecule has 0 radical (unpaired) electrons. The molecule has 6 heteroatoms. The van der Waals surface area contributed by atoms with Crippen LogP contribution in [0.4, 0.5) is 0 Å². The summed E-state index contributed by atoms with van der Waals surface area (Å²) in [6.07, 6.45) is 4.17. The van der Waals surface area contributed by atoms with Gasteiger partial charge in [-0.25, -0.2) is 0 Å². The molecular formula is C12H14N4OS. The van der Waals surface area contributed by atoms with Gasteiger partial charge in [0.05, 0.1) is 5.69 Å². The molecule has 5 nitrogen and oxygen atoms in total. The second kappa shape index (κ2) is 5.68. The monoisotopic (exact) mass is 262 g/mol. The first kappa shape index (κ1) is 12.6. The molecule has 0 saturated heterocycles. The van der Waals surface area contributed by atoms with Gasteiger partial charge in [-0.1, -0.05) is 11.4 Å². The highest BCUT2D eigenvalue weighted by molar-refractivity contribution is 7.07. The lowest BCUT2D eigenvalue weighted by Crippen LogP contribution is -2.26. The first-order chi connectivity index (χ1) is 8.72. The van der Waals surface area contributed by atoms with E-state index in [1.165, 1.54) is 0 Å². The zero-order chi connectivity index (χ0) is 13.0. The molecule has 0 unspecified atom stereocenters. The highest BCUT2D eigenvalue weighted by atomic mass is 32.1. The Morgan fingerprint density at radius 1 is 1.39 bits per heavy atom. The topological polar surface area (TPSA) is 59.0 Å². The molecule has 94 valence electrons. The average Bonchev–Trinajstić information content (AvgIpc) is 2.87. The van der Waals surface area contributed by atoms with Gasteiger partial charge in [-0.05, 0) is 35.6 Å². The molecule has 0 aliphatic carbocycles. The smallest absolute Gasteiger partial charge is 0.267 e. The molecule has 0 aliphatic heterocycles. The molecule has 2 rings (SSSR count). The van der Waals surface area contributed by atoms with E-state index < -0.39 is 0 Å². The predicted molar refractivity (Wildman–Crippen MR) is 69.3 cm³/mol. The van der Waals surface area contributed by atoms with E-state index in [0.29, 0.717) is 11.4 Å². The molecule has 18 heavy (non-hydrogen) atoms. The third-order valence-electron chi connectivity index (χ3n) is 2.60. The Kier molecular flexibility index (Phi) is 3.99. The third kappa shape index (κ3) is 2.70. The highest BCUT2D eigenvalue weighted by Crippen LogP contribution is 2.15. The van der Waals surface area contributed by atoms with Crippen molar-refractivity contribution in [2.75, 3.05) is 7.05 Å². The Labute approximate surface area is 110 Å². The Morgan fingerprint density at radius 3 is 2.78 bits per heavy atom. The first-order valence-electron chi connectivity index (χ1n) is 5.68. The fraction of sp³-hybridized carbons (Fsp3) is 0.333. The van der Waals surface area contributed by atoms with Crippen molar-refractivity contribution < 1.29 is 4.79 Å². The van der Waals surface area contributed by atoms with Gasteiger partial charge in [0.2, 0.25) is 0 Å². The van der Waals surface area contributed by atoms with Crippen LogP contribution in [0.25, 0.3) is 0 Å². The van der Waals surface area contributed by atoms with Gasteiger partial charge in [-0.3, -0.25) is 9.78 Å². The Bertz CT molecular complexity index is 526. The van der Waals surface area contributed by atoms with Crippen molar-refractivity contribution in [2.45, 2.75) is 19.9 Å². The zero-order valence-corrected chi connectivity index (χ0v) is 11.1. The number of amides is 1. The van der Waals surface area contributed by atoms with Gasteiger partial charge < -0.3 is 4.90 Å². The van der Waals surface area contributed by atoms with Crippen molar-refractivity contribution in [3.8, 4) is 0 Å². The number of aromatic nitrogens is 3. The van der Waals surface area contributed by atoms with Gasteiger partial charge in [0.15, 0.2) is 0 Å². The van der Waals surface area contributed by atoms with E-state index >= 15 is 0 Å². The number of pyridine rings is 1. The highest BCUT2D eigenvalue weighted by Gasteiger charge is 2.18. The number of hydrogen-bond acceptors (Lipinski definition) is 5. The van der Waals surface area contributed by atoms with Crippen LogP contribution in [0, 0.1) is 0 Å². The van der Waals surface area contributed by atoms with Crippen LogP contribution in [-0.2, 0) is 13.0 Å². The maximum atomic E-state index is 12.2. The van der Waals surface area contributed by atoms with Crippen LogP contribution >= 0.6 is 11.5 Å². The molecule has 0 atom stereocenters. The van der Waals surface area contributed by atoms with E-state index in [-0.39, 0.29) is 5.91 Å². The summed E-state index contributed by atoms with van der Waals surface area (Å²) >= 11 is 1.16. The fourth-order valence-corrected chi connectivity index (χ4v) is 2.36. The van der Waals surface area contributed by atoms with E-state index in [1.54, 1.807) is 24.3 Å². The van der Waals surface area contributed by atoms with Gasteiger partial charge in [-0.15, -0.1) is 5.10 Å². The number of aryl methyl sites for hydroxylation is 1. The van der Waals surface area contributed by atoms with Gasteiger partial charge in [0.1, 0.15) is 4.88 Å². The SMILES string of the molecule is CCc1nnsc1C(=O)N(C)Cc1ccncc1. The molecule has 0 saturated carbocycles. The summed E-state index contributed by atoms with van der Waals surface area (Å²) in [6.45, 7) is 2.53. The largest absolute Gasteiger partial charge is 0.337 e. The van der Waals surface area contributed by atoms with Crippen LogP contribution in [0.3, 0.4) is 0 Å². The number of carbonyl (C=O) groups excluding carboxylic acids is 1. The van der Waals surface area contributed by atoms with Crippen molar-refractivity contribution in [2.24, 2.45) is 0 Å². The summed E-state index contributed by atoms with van der Waals surface area (Å²) in [5, 5.41) is 3.96. The Morgan fingerprint density at radius 2 is 2.11 bits per heavy atom. The minimum absolute atomic E-state index is 0.0290. The summed E-state index contributed by atoms with van der Waals surface area (Å²) in [5.41, 5.74) is 1.82. The van der Waals surface area contributed by atoms with Crippen LogP contribution in [0.15, 0.2) is 24.5 Å². The van der Waals surface area contributed by atoms with E-state index in [1.807, 2.05) is 19.1 Å². The normalized spacial score (nSPS) is 10.3. The summed E-state index contributed by atoms with van der Waals surface area (Å²) in [7, 11) is 1.78. The predicted octanol–water partition coefficient (Wildman–Crippen LogP) is 1.77. The summed E-state index contributed by atoms with van der Waals surface area (Å²) in [5.74, 6) is -0.0290. The lowest BCUT2D eigenvalue weighted by atomic mass is 10.2. The van der Waals surface area contributed by atoms with Crippen molar-refractivity contribution in [3.05, 3.63) is 40.7 Å². The fourth-order valence-electron chi connectivity index (χ4n) is 1.61. The van der Waals surface area contributed by atoms with Crippen molar-refractivity contribution >= 4 is 17.4 Å². The van der Waals surface area contributed by atoms with Crippen LogP contribution in [-0.4, -0.2) is 32.4 Å². The minimum atomic E-state index is -0.0290. The number of hydrogen-bond donors (Lipinski definition) is 0. The second-order valence-electron chi connectivity index (χ2n) is 3.92. The molecule has 0 N–H and O–H groups in total. The van der Waals surface area contributed by atoms with Crippen LogP contribution in [0.5, 0.6) is 0 Å². The lowest BCUT2D eigenvalue weighted by Gasteiger charge is -2.16. The van der Waals surface area contributed by atoms with Gasteiger partial charge in [-0.2, -0.15) is 0 Å². The van der Waals surface area contributed by atoms with Crippen molar-refractivity contribution in [1.29, 1.82) is 0 Å². The molecular weight excluding hydrogens is 248 g/mol. The molecule has 2 heterocycles. The third-order valence-corrected chi connectivity index (χ3v) is 3.36. The second-order valence-corrected chi connectivity index (χ2v) is 4.67. The van der Waals surface area contributed by atoms with Crippen molar-refractivity contribution in [3.63, 3.8) is 0 Å². The van der Waals surface area contributed by atoms with Gasteiger partial charge in [0, 0.05) is 26.0 Å². The molecule has 0 bridgehead atoms. The Hall–Kier alpha value is -1.82. The summed E-state index contributed by atoms with van der Waals surface area (Å²) in [4.78, 5) is 18.5. The molecule has 0 aromatic carbocycles. The van der Waals surface area contributed by atoms with E-state index in [9.17, 15) is 4.79 Å². The van der Waals surface area contributed by atoms with E-state index in [4.69, 9.17) is 0 Å². The zero-order valence-electron chi connectivity index (χ0n) is 10.3. The van der Waals surface area contributed by atoms with Crippen LogP contribution in [0.2, 0.25) is 0 Å². The average molecular weight is 262 g/mol. The van der Waals surface area contributed by atoms with Gasteiger partial charge in [0.25, 0.3) is 5.91 Å². The molecule has 0 fully saturated rings. The first-order valence-corrected chi connectivity index (χ1v) is 6.45. The van der Waals surface area contributed by atoms with Gasteiger partial charge >= 0.3 is 0 Å². The molecule has 2 aromatic rings. The van der Waals surface area contributed by atoms with Crippen LogP contribution < -0.4 is 0 Å². The Balaban J connectivity index is 2.10. The van der Waals surface area contributed by atoms with E-state index in [0.717, 1.165) is 29.2 Å². The van der Waals surface area contributed by atoms with Crippen molar-refractivity contribution in [1.82, 2.24) is 19.5 Å². The number of nitrogens with zero attached hydrogens (tertiary/aromatic N) is 4. The lowest BCUT2D eigenvalue weighted by molar-refractivity contribution is 0.0788. The molecule has 2 aromatic heterocycles.